The molecule has 0 amide bonds. The monoisotopic (exact) mass is 130 g/mol. The standard InChI is InChI=1S/C6H12NO2/c1-4-7-6(2,3)5(8)9/h4,7H,1-3H3,(H,8,9). The third kappa shape index (κ3) is 2.46. The summed E-state index contributed by atoms with van der Waals surface area (Å²) >= 11 is 0. The van der Waals surface area contributed by atoms with E-state index in [1.807, 2.05) is 0 Å². The predicted octanol–water partition coefficient (Wildman–Crippen LogP) is 0.621. The third-order valence-electron chi connectivity index (χ3n) is 1.04. The summed E-state index contributed by atoms with van der Waals surface area (Å²) in [7, 11) is 0. The summed E-state index contributed by atoms with van der Waals surface area (Å²) in [5, 5.41) is 11.2. The Labute approximate surface area is 55.1 Å². The summed E-state index contributed by atoms with van der Waals surface area (Å²) in [6.45, 7) is 6.59. The summed E-state index contributed by atoms with van der Waals surface area (Å²) in [6.07, 6.45) is 0. The van der Waals surface area contributed by atoms with Crippen LogP contribution in [0.25, 0.3) is 0 Å². The highest BCUT2D eigenvalue weighted by molar-refractivity contribution is 5.77. The lowest BCUT2D eigenvalue weighted by Crippen LogP contribution is -2.44. The fourth-order valence-electron chi connectivity index (χ4n) is 0.423. The van der Waals surface area contributed by atoms with Gasteiger partial charge in [-0.1, -0.05) is 0 Å². The number of rotatable bonds is 3. The molecular formula is C6H12NO2. The van der Waals surface area contributed by atoms with Crippen LogP contribution in [0.5, 0.6) is 0 Å². The first-order valence-corrected chi connectivity index (χ1v) is 2.79. The molecule has 0 aromatic heterocycles. The maximum atomic E-state index is 10.3. The number of nitrogens with one attached hydrogen (secondary N) is 1. The van der Waals surface area contributed by atoms with Crippen LogP contribution in [0, 0.1) is 6.54 Å². The molecule has 2 N–H and O–H groups in total. The summed E-state index contributed by atoms with van der Waals surface area (Å²) in [5.74, 6) is -0.847. The third-order valence-corrected chi connectivity index (χ3v) is 1.04. The normalized spacial score (nSPS) is 11.4. The minimum atomic E-state index is -0.847. The van der Waals surface area contributed by atoms with E-state index in [0.29, 0.717) is 0 Å². The highest BCUT2D eigenvalue weighted by Crippen LogP contribution is 2.00. The molecule has 0 aromatic carbocycles. The van der Waals surface area contributed by atoms with E-state index in [1.54, 1.807) is 27.3 Å². The van der Waals surface area contributed by atoms with E-state index in [4.69, 9.17) is 5.11 Å². The molecule has 0 rings (SSSR count). The molecule has 0 saturated heterocycles. The molecule has 0 heterocycles. The number of hydrogen-bond acceptors (Lipinski definition) is 2. The second-order valence-corrected chi connectivity index (χ2v) is 2.36. The van der Waals surface area contributed by atoms with Crippen LogP contribution in [0.4, 0.5) is 0 Å². The van der Waals surface area contributed by atoms with Gasteiger partial charge >= 0.3 is 5.97 Å². The van der Waals surface area contributed by atoms with E-state index in [0.717, 1.165) is 0 Å². The highest BCUT2D eigenvalue weighted by atomic mass is 16.4. The van der Waals surface area contributed by atoms with Gasteiger partial charge in [0.15, 0.2) is 0 Å². The molecule has 0 atom stereocenters. The molecule has 53 valence electrons. The van der Waals surface area contributed by atoms with Crippen LogP contribution in [0.15, 0.2) is 0 Å². The average molecular weight is 130 g/mol. The molecule has 0 saturated carbocycles. The second kappa shape index (κ2) is 2.82. The molecule has 0 fully saturated rings. The maximum Gasteiger partial charge on any atom is 0.323 e. The van der Waals surface area contributed by atoms with Crippen LogP contribution in [0.3, 0.4) is 0 Å². The topological polar surface area (TPSA) is 49.3 Å². The van der Waals surface area contributed by atoms with E-state index in [1.165, 1.54) is 0 Å². The number of carboxylic acid groups (broad SMARTS) is 1. The van der Waals surface area contributed by atoms with Gasteiger partial charge in [0.1, 0.15) is 5.54 Å². The van der Waals surface area contributed by atoms with Crippen LogP contribution in [0.1, 0.15) is 20.8 Å². The van der Waals surface area contributed by atoms with Crippen molar-refractivity contribution in [3.8, 4) is 0 Å². The van der Waals surface area contributed by atoms with Crippen LogP contribution in [-0.2, 0) is 4.79 Å². The molecule has 1 radical (unpaired) electrons. The van der Waals surface area contributed by atoms with Crippen molar-refractivity contribution in [2.75, 3.05) is 0 Å². The Morgan fingerprint density at radius 1 is 1.67 bits per heavy atom. The first-order chi connectivity index (χ1) is 4.00. The molecule has 9 heavy (non-hydrogen) atoms. The molecule has 0 aromatic rings. The number of carboxylic acids is 1. The average Bonchev–Trinajstić information content (AvgIpc) is 1.65. The van der Waals surface area contributed by atoms with E-state index in [9.17, 15) is 4.79 Å². The van der Waals surface area contributed by atoms with Crippen molar-refractivity contribution >= 4 is 5.97 Å². The van der Waals surface area contributed by atoms with E-state index in [-0.39, 0.29) is 0 Å². The Hall–Kier alpha value is -0.570. The fourth-order valence-corrected chi connectivity index (χ4v) is 0.423. The molecule has 0 aliphatic rings. The Bertz CT molecular complexity index is 110. The van der Waals surface area contributed by atoms with E-state index >= 15 is 0 Å². The molecule has 0 bridgehead atoms. The first kappa shape index (κ1) is 8.43. The second-order valence-electron chi connectivity index (χ2n) is 2.36. The van der Waals surface area contributed by atoms with E-state index < -0.39 is 11.5 Å². The summed E-state index contributed by atoms with van der Waals surface area (Å²) < 4.78 is 0. The zero-order chi connectivity index (χ0) is 7.49. The van der Waals surface area contributed by atoms with Crippen LogP contribution < -0.4 is 5.32 Å². The Kier molecular flexibility index (Phi) is 2.65. The van der Waals surface area contributed by atoms with Crippen molar-refractivity contribution in [2.24, 2.45) is 0 Å². The zero-order valence-corrected chi connectivity index (χ0v) is 5.93. The summed E-state index contributed by atoms with van der Waals surface area (Å²) in [6, 6.07) is 0. The van der Waals surface area contributed by atoms with Gasteiger partial charge in [-0.2, -0.15) is 0 Å². The predicted molar refractivity (Wildman–Crippen MR) is 34.8 cm³/mol. The number of carbonyl (C=O) groups is 1. The van der Waals surface area contributed by atoms with Crippen molar-refractivity contribution in [2.45, 2.75) is 26.3 Å². The van der Waals surface area contributed by atoms with Gasteiger partial charge < -0.3 is 5.11 Å². The van der Waals surface area contributed by atoms with Crippen molar-refractivity contribution in [3.05, 3.63) is 6.54 Å². The van der Waals surface area contributed by atoms with Gasteiger partial charge in [0.25, 0.3) is 0 Å². The molecule has 3 heteroatoms. The smallest absolute Gasteiger partial charge is 0.323 e. The lowest BCUT2D eigenvalue weighted by molar-refractivity contribution is -0.143. The zero-order valence-electron chi connectivity index (χ0n) is 5.93. The van der Waals surface area contributed by atoms with Crippen molar-refractivity contribution in [1.29, 1.82) is 0 Å². The molecule has 0 spiro atoms. The minimum Gasteiger partial charge on any atom is -0.480 e. The van der Waals surface area contributed by atoms with Crippen LogP contribution >= 0.6 is 0 Å². The Morgan fingerprint density at radius 2 is 2.11 bits per heavy atom. The van der Waals surface area contributed by atoms with Crippen molar-refractivity contribution < 1.29 is 9.90 Å². The lowest BCUT2D eigenvalue weighted by atomic mass is 10.1. The fraction of sp³-hybridized carbons (Fsp3) is 0.667. The largest absolute Gasteiger partial charge is 0.480 e. The summed E-state index contributed by atoms with van der Waals surface area (Å²) in [5.41, 5.74) is -0.839. The van der Waals surface area contributed by atoms with Gasteiger partial charge in [-0.3, -0.25) is 10.1 Å². The molecule has 0 aliphatic carbocycles. The Morgan fingerprint density at radius 3 is 2.22 bits per heavy atom. The lowest BCUT2D eigenvalue weighted by Gasteiger charge is -2.18. The van der Waals surface area contributed by atoms with Gasteiger partial charge in [0.2, 0.25) is 0 Å². The van der Waals surface area contributed by atoms with E-state index in [2.05, 4.69) is 5.32 Å². The number of aliphatic carboxylic acids is 1. The molecular weight excluding hydrogens is 118 g/mol. The number of hydrogen-bond donors (Lipinski definition) is 2. The maximum absolute atomic E-state index is 10.3. The van der Waals surface area contributed by atoms with Gasteiger partial charge in [-0.25, -0.2) is 0 Å². The highest BCUT2D eigenvalue weighted by Gasteiger charge is 2.24. The first-order valence-electron chi connectivity index (χ1n) is 2.79. The molecule has 0 unspecified atom stereocenters. The van der Waals surface area contributed by atoms with Gasteiger partial charge in [0, 0.05) is 6.54 Å². The Balaban J connectivity index is 3.85. The minimum absolute atomic E-state index is 0.839. The van der Waals surface area contributed by atoms with Crippen LogP contribution in [-0.4, -0.2) is 16.6 Å². The SMILES string of the molecule is C[CH]NC(C)(C)C(=O)O. The molecule has 0 aliphatic heterocycles. The molecule has 3 nitrogen and oxygen atoms in total. The van der Waals surface area contributed by atoms with Crippen LogP contribution in [0.2, 0.25) is 0 Å². The van der Waals surface area contributed by atoms with Gasteiger partial charge in [-0.05, 0) is 20.8 Å². The quantitative estimate of drug-likeness (QED) is 0.588. The van der Waals surface area contributed by atoms with Gasteiger partial charge in [-0.15, -0.1) is 0 Å². The van der Waals surface area contributed by atoms with Crippen molar-refractivity contribution in [1.82, 2.24) is 5.32 Å². The van der Waals surface area contributed by atoms with Crippen molar-refractivity contribution in [3.63, 3.8) is 0 Å². The van der Waals surface area contributed by atoms with Gasteiger partial charge in [0.05, 0.1) is 0 Å². The summed E-state index contributed by atoms with van der Waals surface area (Å²) in [4.78, 5) is 10.3.